The van der Waals surface area contributed by atoms with Gasteiger partial charge in [0.15, 0.2) is 0 Å². The highest BCUT2D eigenvalue weighted by Gasteiger charge is 2.03. The SMILES string of the molecule is CC#CCCNC(C)c1cccc(Cl)c1. The molecule has 1 unspecified atom stereocenters. The van der Waals surface area contributed by atoms with E-state index in [2.05, 4.69) is 30.1 Å². The molecule has 0 aromatic heterocycles. The highest BCUT2D eigenvalue weighted by molar-refractivity contribution is 6.30. The molecule has 2 heteroatoms. The van der Waals surface area contributed by atoms with Gasteiger partial charge < -0.3 is 5.32 Å². The van der Waals surface area contributed by atoms with Crippen molar-refractivity contribution >= 4 is 11.6 Å². The van der Waals surface area contributed by atoms with E-state index in [-0.39, 0.29) is 0 Å². The van der Waals surface area contributed by atoms with Gasteiger partial charge in [0.25, 0.3) is 0 Å². The summed E-state index contributed by atoms with van der Waals surface area (Å²) in [6, 6.07) is 8.25. The fourth-order valence-electron chi connectivity index (χ4n) is 1.37. The summed E-state index contributed by atoms with van der Waals surface area (Å²) < 4.78 is 0. The number of halogens is 1. The van der Waals surface area contributed by atoms with Crippen molar-refractivity contribution < 1.29 is 0 Å². The predicted molar refractivity (Wildman–Crippen MR) is 65.9 cm³/mol. The van der Waals surface area contributed by atoms with Crippen molar-refractivity contribution in [2.45, 2.75) is 26.3 Å². The molecule has 0 aliphatic heterocycles. The molecule has 0 saturated carbocycles. The van der Waals surface area contributed by atoms with E-state index in [0.29, 0.717) is 6.04 Å². The second-order valence-electron chi connectivity index (χ2n) is 3.41. The second kappa shape index (κ2) is 6.50. The smallest absolute Gasteiger partial charge is 0.0409 e. The van der Waals surface area contributed by atoms with Crippen LogP contribution < -0.4 is 5.32 Å². The first-order chi connectivity index (χ1) is 7.24. The lowest BCUT2D eigenvalue weighted by atomic mass is 10.1. The van der Waals surface area contributed by atoms with Crippen LogP contribution in [-0.4, -0.2) is 6.54 Å². The van der Waals surface area contributed by atoms with Crippen molar-refractivity contribution in [1.29, 1.82) is 0 Å². The molecule has 0 aliphatic rings. The molecule has 0 aliphatic carbocycles. The van der Waals surface area contributed by atoms with Gasteiger partial charge in [-0.3, -0.25) is 0 Å². The third-order valence-electron chi connectivity index (χ3n) is 2.23. The van der Waals surface area contributed by atoms with Crippen LogP contribution in [0.15, 0.2) is 24.3 Å². The molecule has 80 valence electrons. The third kappa shape index (κ3) is 4.38. The molecule has 0 amide bonds. The second-order valence-corrected chi connectivity index (χ2v) is 3.84. The van der Waals surface area contributed by atoms with Crippen LogP contribution in [0.3, 0.4) is 0 Å². The van der Waals surface area contributed by atoms with Crippen molar-refractivity contribution in [3.63, 3.8) is 0 Å². The van der Waals surface area contributed by atoms with Gasteiger partial charge in [0.05, 0.1) is 0 Å². The molecule has 0 spiro atoms. The summed E-state index contributed by atoms with van der Waals surface area (Å²) in [4.78, 5) is 0. The molecule has 1 aromatic rings. The van der Waals surface area contributed by atoms with Gasteiger partial charge in [0, 0.05) is 24.0 Å². The van der Waals surface area contributed by atoms with Gasteiger partial charge in [-0.05, 0) is 31.5 Å². The van der Waals surface area contributed by atoms with Crippen molar-refractivity contribution in [3.05, 3.63) is 34.9 Å². The standard InChI is InChI=1S/C13H16ClN/c1-3-4-5-9-15-11(2)12-7-6-8-13(14)10-12/h6-8,10-11,15H,5,9H2,1-2H3. The molecule has 15 heavy (non-hydrogen) atoms. The average Bonchev–Trinajstić information content (AvgIpc) is 2.24. The van der Waals surface area contributed by atoms with Crippen molar-refractivity contribution in [2.24, 2.45) is 0 Å². The van der Waals surface area contributed by atoms with Crippen LogP contribution >= 0.6 is 11.6 Å². The van der Waals surface area contributed by atoms with Crippen molar-refractivity contribution in [3.8, 4) is 11.8 Å². The van der Waals surface area contributed by atoms with E-state index in [0.717, 1.165) is 18.0 Å². The molecule has 0 heterocycles. The number of benzene rings is 1. The third-order valence-corrected chi connectivity index (χ3v) is 2.46. The fraction of sp³-hybridized carbons (Fsp3) is 0.385. The van der Waals surface area contributed by atoms with Crippen LogP contribution in [0.4, 0.5) is 0 Å². The Morgan fingerprint density at radius 3 is 2.93 bits per heavy atom. The molecule has 0 bridgehead atoms. The maximum absolute atomic E-state index is 5.92. The van der Waals surface area contributed by atoms with E-state index < -0.39 is 0 Å². The van der Waals surface area contributed by atoms with Crippen LogP contribution in [0.1, 0.15) is 31.9 Å². The van der Waals surface area contributed by atoms with Gasteiger partial charge in [0.2, 0.25) is 0 Å². The highest BCUT2D eigenvalue weighted by Crippen LogP contribution is 2.16. The average molecular weight is 222 g/mol. The van der Waals surface area contributed by atoms with Crippen LogP contribution in [0, 0.1) is 11.8 Å². The zero-order chi connectivity index (χ0) is 11.1. The summed E-state index contributed by atoms with van der Waals surface area (Å²) in [6.45, 7) is 4.90. The van der Waals surface area contributed by atoms with Crippen LogP contribution in [-0.2, 0) is 0 Å². The molecule has 1 atom stereocenters. The van der Waals surface area contributed by atoms with Crippen LogP contribution in [0.2, 0.25) is 5.02 Å². The van der Waals surface area contributed by atoms with E-state index >= 15 is 0 Å². The Labute approximate surface area is 96.8 Å². The van der Waals surface area contributed by atoms with E-state index in [9.17, 15) is 0 Å². The molecule has 1 rings (SSSR count). The monoisotopic (exact) mass is 221 g/mol. The number of hydrogen-bond donors (Lipinski definition) is 1. The largest absolute Gasteiger partial charge is 0.309 e. The fourth-order valence-corrected chi connectivity index (χ4v) is 1.57. The van der Waals surface area contributed by atoms with E-state index in [1.807, 2.05) is 25.1 Å². The Morgan fingerprint density at radius 1 is 1.47 bits per heavy atom. The predicted octanol–water partition coefficient (Wildman–Crippen LogP) is 3.40. The number of nitrogens with one attached hydrogen (secondary N) is 1. The van der Waals surface area contributed by atoms with E-state index in [1.165, 1.54) is 5.56 Å². The number of hydrogen-bond acceptors (Lipinski definition) is 1. The van der Waals surface area contributed by atoms with E-state index in [4.69, 9.17) is 11.6 Å². The minimum Gasteiger partial charge on any atom is -0.309 e. The first kappa shape index (κ1) is 12.1. The summed E-state index contributed by atoms with van der Waals surface area (Å²) in [5, 5.41) is 4.19. The van der Waals surface area contributed by atoms with Gasteiger partial charge in [-0.2, -0.15) is 0 Å². The molecular formula is C13H16ClN. The molecule has 0 saturated heterocycles. The molecule has 0 radical (unpaired) electrons. The topological polar surface area (TPSA) is 12.0 Å². The van der Waals surface area contributed by atoms with Gasteiger partial charge >= 0.3 is 0 Å². The van der Waals surface area contributed by atoms with Gasteiger partial charge in [-0.15, -0.1) is 11.8 Å². The lowest BCUT2D eigenvalue weighted by Crippen LogP contribution is -2.19. The summed E-state index contributed by atoms with van der Waals surface area (Å²) in [5.41, 5.74) is 1.21. The normalized spacial score (nSPS) is 11.7. The first-order valence-corrected chi connectivity index (χ1v) is 5.50. The Morgan fingerprint density at radius 2 is 2.27 bits per heavy atom. The molecule has 1 N–H and O–H groups in total. The van der Waals surface area contributed by atoms with E-state index in [1.54, 1.807) is 0 Å². The summed E-state index contributed by atoms with van der Waals surface area (Å²) in [6.07, 6.45) is 0.890. The Hall–Kier alpha value is -0.970. The Bertz CT molecular complexity index is 362. The van der Waals surface area contributed by atoms with Gasteiger partial charge in [-0.25, -0.2) is 0 Å². The van der Waals surface area contributed by atoms with Crippen molar-refractivity contribution in [1.82, 2.24) is 5.32 Å². The summed E-state index contributed by atoms with van der Waals surface area (Å²) in [5.74, 6) is 5.91. The molecule has 0 fully saturated rings. The quantitative estimate of drug-likeness (QED) is 0.607. The summed E-state index contributed by atoms with van der Waals surface area (Å²) >= 11 is 5.92. The lowest BCUT2D eigenvalue weighted by Gasteiger charge is -2.13. The van der Waals surface area contributed by atoms with Crippen LogP contribution in [0.25, 0.3) is 0 Å². The molecule has 1 aromatic carbocycles. The van der Waals surface area contributed by atoms with Crippen LogP contribution in [0.5, 0.6) is 0 Å². The van der Waals surface area contributed by atoms with Crippen molar-refractivity contribution in [2.75, 3.05) is 6.54 Å². The molecule has 1 nitrogen and oxygen atoms in total. The maximum Gasteiger partial charge on any atom is 0.0409 e. The zero-order valence-corrected chi connectivity index (χ0v) is 9.93. The first-order valence-electron chi connectivity index (χ1n) is 5.12. The Kier molecular flexibility index (Phi) is 5.25. The maximum atomic E-state index is 5.92. The minimum atomic E-state index is 0.322. The van der Waals surface area contributed by atoms with Gasteiger partial charge in [0.1, 0.15) is 0 Å². The summed E-state index contributed by atoms with van der Waals surface area (Å²) in [7, 11) is 0. The lowest BCUT2D eigenvalue weighted by molar-refractivity contribution is 0.584. The molecular weight excluding hydrogens is 206 g/mol. The van der Waals surface area contributed by atoms with Gasteiger partial charge in [-0.1, -0.05) is 23.7 Å². The Balaban J connectivity index is 2.45. The number of rotatable bonds is 4. The minimum absolute atomic E-state index is 0.322. The highest BCUT2D eigenvalue weighted by atomic mass is 35.5. The zero-order valence-electron chi connectivity index (χ0n) is 9.18.